The van der Waals surface area contributed by atoms with Crippen LogP contribution < -0.4 is 15.4 Å². The highest BCUT2D eigenvalue weighted by Crippen LogP contribution is 2.47. The van der Waals surface area contributed by atoms with Gasteiger partial charge in [-0.3, -0.25) is 9.59 Å². The van der Waals surface area contributed by atoms with E-state index >= 15 is 0 Å². The largest absolute Gasteiger partial charge is 0.487 e. The molecule has 2 heterocycles. The van der Waals surface area contributed by atoms with Gasteiger partial charge in [-0.1, -0.05) is 0 Å². The molecule has 1 aromatic carbocycles. The summed E-state index contributed by atoms with van der Waals surface area (Å²) in [5.74, 6) is 0.0586. The van der Waals surface area contributed by atoms with Crippen molar-refractivity contribution in [2.45, 2.75) is 62.5 Å². The van der Waals surface area contributed by atoms with E-state index in [-0.39, 0.29) is 24.9 Å². The lowest BCUT2D eigenvalue weighted by Crippen LogP contribution is -2.47. The predicted molar refractivity (Wildman–Crippen MR) is 104 cm³/mol. The molecule has 2 aliphatic heterocycles. The van der Waals surface area contributed by atoms with Gasteiger partial charge in [0.15, 0.2) is 0 Å². The first-order valence-electron chi connectivity index (χ1n) is 10.4. The summed E-state index contributed by atoms with van der Waals surface area (Å²) in [5.41, 5.74) is 1.47. The molecule has 0 aromatic heterocycles. The van der Waals surface area contributed by atoms with Crippen molar-refractivity contribution < 1.29 is 37.3 Å². The fourth-order valence-corrected chi connectivity index (χ4v) is 4.24. The van der Waals surface area contributed by atoms with Gasteiger partial charge < -0.3 is 25.2 Å². The van der Waals surface area contributed by atoms with E-state index in [4.69, 9.17) is 9.47 Å². The first-order chi connectivity index (χ1) is 14.7. The molecule has 1 aromatic rings. The number of aliphatic hydroxyl groups is 1. The number of anilines is 1. The normalized spacial score (nSPS) is 27.1. The Labute approximate surface area is 177 Å². The number of halogens is 3. The Morgan fingerprint density at radius 2 is 1.94 bits per heavy atom. The highest BCUT2D eigenvalue weighted by atomic mass is 19.4. The Morgan fingerprint density at radius 1 is 1.16 bits per heavy atom. The molecule has 0 bridgehead atoms. The summed E-state index contributed by atoms with van der Waals surface area (Å²) in [4.78, 5) is 24.1. The molecular formula is C21H25F3N2O5. The number of hydrogen-bond donors (Lipinski definition) is 3. The van der Waals surface area contributed by atoms with E-state index in [1.54, 1.807) is 12.1 Å². The Morgan fingerprint density at radius 3 is 2.61 bits per heavy atom. The van der Waals surface area contributed by atoms with Gasteiger partial charge in [-0.25, -0.2) is 0 Å². The molecule has 2 fully saturated rings. The zero-order valence-corrected chi connectivity index (χ0v) is 16.8. The van der Waals surface area contributed by atoms with Crippen LogP contribution in [0.25, 0.3) is 0 Å². The molecule has 2 amide bonds. The highest BCUT2D eigenvalue weighted by Gasteiger charge is 2.46. The Bertz CT molecular complexity index is 843. The van der Waals surface area contributed by atoms with Gasteiger partial charge in [-0.2, -0.15) is 13.2 Å². The molecule has 3 aliphatic rings. The molecule has 7 nitrogen and oxygen atoms in total. The van der Waals surface area contributed by atoms with E-state index in [2.05, 4.69) is 5.32 Å². The van der Waals surface area contributed by atoms with Crippen LogP contribution in [-0.4, -0.2) is 54.6 Å². The Hall–Kier alpha value is -2.33. The summed E-state index contributed by atoms with van der Waals surface area (Å²) in [5, 5.41) is 14.5. The van der Waals surface area contributed by atoms with Crippen molar-refractivity contribution in [3.63, 3.8) is 0 Å². The van der Waals surface area contributed by atoms with Gasteiger partial charge in [0.25, 0.3) is 0 Å². The molecule has 4 atom stereocenters. The quantitative estimate of drug-likeness (QED) is 0.603. The van der Waals surface area contributed by atoms with E-state index in [0.717, 1.165) is 18.4 Å². The second-order valence-electron chi connectivity index (χ2n) is 8.45. The van der Waals surface area contributed by atoms with Crippen LogP contribution in [0.2, 0.25) is 0 Å². The molecule has 4 rings (SSSR count). The van der Waals surface area contributed by atoms with Crippen LogP contribution in [0, 0.1) is 5.92 Å². The number of aliphatic hydroxyl groups excluding tert-OH is 1. The second kappa shape index (κ2) is 8.66. The highest BCUT2D eigenvalue weighted by molar-refractivity contribution is 5.91. The molecule has 1 aliphatic carbocycles. The molecule has 0 spiro atoms. The predicted octanol–water partition coefficient (Wildman–Crippen LogP) is 2.49. The minimum atomic E-state index is -4.49. The number of nitrogens with one attached hydrogen (secondary N) is 2. The molecule has 0 radical (unpaired) electrons. The summed E-state index contributed by atoms with van der Waals surface area (Å²) >= 11 is 0. The van der Waals surface area contributed by atoms with Gasteiger partial charge in [-0.05, 0) is 43.4 Å². The third kappa shape index (κ3) is 5.48. The van der Waals surface area contributed by atoms with Crippen LogP contribution in [-0.2, 0) is 14.3 Å². The molecular weight excluding hydrogens is 417 g/mol. The van der Waals surface area contributed by atoms with E-state index in [1.807, 2.05) is 11.4 Å². The van der Waals surface area contributed by atoms with Gasteiger partial charge in [0.05, 0.1) is 19.1 Å². The van der Waals surface area contributed by atoms with Crippen LogP contribution in [0.3, 0.4) is 0 Å². The lowest BCUT2D eigenvalue weighted by Gasteiger charge is -2.37. The fourth-order valence-electron chi connectivity index (χ4n) is 4.24. The molecule has 1 saturated carbocycles. The average molecular weight is 442 g/mol. The molecule has 1 saturated heterocycles. The molecule has 170 valence electrons. The monoisotopic (exact) mass is 442 g/mol. The number of ether oxygens (including phenoxy) is 2. The first-order valence-corrected chi connectivity index (χ1v) is 10.4. The molecule has 0 unspecified atom stereocenters. The number of carbonyl (C=O) groups excluding carboxylic acids is 2. The smallest absolute Gasteiger partial charge is 0.405 e. The lowest BCUT2D eigenvalue weighted by molar-refractivity contribution is -0.149. The van der Waals surface area contributed by atoms with Gasteiger partial charge in [0.1, 0.15) is 24.5 Å². The minimum absolute atomic E-state index is 0.0441. The standard InChI is InChI=1S/C21H25F3N2O5/c22-21(23,24)10-25-18(28)8-13-7-15-14-6-12(26-19(29)5-11-1-2-11)3-4-16(14)31-20(15)17(9-27)30-13/h3-4,6,11,13,15,17,20,27H,1-2,5,7-10H2,(H,25,28)(H,26,29)/t13-,15+,17-,20-/m0/s1. The van der Waals surface area contributed by atoms with Gasteiger partial charge in [0, 0.05) is 23.6 Å². The van der Waals surface area contributed by atoms with Crippen molar-refractivity contribution in [2.75, 3.05) is 18.5 Å². The van der Waals surface area contributed by atoms with Crippen molar-refractivity contribution in [3.8, 4) is 5.75 Å². The average Bonchev–Trinajstić information content (AvgIpc) is 3.44. The lowest BCUT2D eigenvalue weighted by atomic mass is 9.84. The van der Waals surface area contributed by atoms with E-state index in [0.29, 0.717) is 30.2 Å². The number of carbonyl (C=O) groups is 2. The number of benzene rings is 1. The van der Waals surface area contributed by atoms with Crippen molar-refractivity contribution >= 4 is 17.5 Å². The zero-order chi connectivity index (χ0) is 22.2. The number of hydrogen-bond acceptors (Lipinski definition) is 5. The third-order valence-electron chi connectivity index (χ3n) is 5.85. The summed E-state index contributed by atoms with van der Waals surface area (Å²) in [7, 11) is 0. The van der Waals surface area contributed by atoms with E-state index < -0.39 is 36.9 Å². The number of amides is 2. The van der Waals surface area contributed by atoms with Crippen LogP contribution in [0.1, 0.15) is 43.6 Å². The minimum Gasteiger partial charge on any atom is -0.487 e. The van der Waals surface area contributed by atoms with Crippen LogP contribution >= 0.6 is 0 Å². The molecule has 3 N–H and O–H groups in total. The van der Waals surface area contributed by atoms with E-state index in [1.165, 1.54) is 0 Å². The summed E-state index contributed by atoms with van der Waals surface area (Å²) in [6.45, 7) is -1.75. The number of rotatable bonds is 7. The van der Waals surface area contributed by atoms with Crippen molar-refractivity contribution in [3.05, 3.63) is 23.8 Å². The maximum Gasteiger partial charge on any atom is 0.405 e. The summed E-state index contributed by atoms with van der Waals surface area (Å²) in [6, 6.07) is 5.32. The maximum atomic E-state index is 12.3. The van der Waals surface area contributed by atoms with Crippen LogP contribution in [0.15, 0.2) is 18.2 Å². The van der Waals surface area contributed by atoms with Gasteiger partial charge in [-0.15, -0.1) is 0 Å². The van der Waals surface area contributed by atoms with Crippen molar-refractivity contribution in [1.29, 1.82) is 0 Å². The SMILES string of the molecule is O=C(C[C@@H]1C[C@@H]2c3cc(NC(=O)CC4CC4)ccc3O[C@@H]2[C@H](CO)O1)NCC(F)(F)F. The molecule has 10 heteroatoms. The van der Waals surface area contributed by atoms with Gasteiger partial charge >= 0.3 is 6.18 Å². The zero-order valence-electron chi connectivity index (χ0n) is 16.8. The second-order valence-corrected chi connectivity index (χ2v) is 8.45. The van der Waals surface area contributed by atoms with Crippen LogP contribution in [0.4, 0.5) is 18.9 Å². The van der Waals surface area contributed by atoms with Crippen LogP contribution in [0.5, 0.6) is 5.75 Å². The first kappa shape index (κ1) is 21.9. The van der Waals surface area contributed by atoms with E-state index in [9.17, 15) is 27.9 Å². The van der Waals surface area contributed by atoms with Gasteiger partial charge in [0.2, 0.25) is 11.8 Å². The number of fused-ring (bicyclic) bond motifs is 3. The molecule has 31 heavy (non-hydrogen) atoms. The Kier molecular flexibility index (Phi) is 6.11. The third-order valence-corrected chi connectivity index (χ3v) is 5.85. The topological polar surface area (TPSA) is 96.9 Å². The Balaban J connectivity index is 1.43. The number of alkyl halides is 3. The fraction of sp³-hybridized carbons (Fsp3) is 0.619. The van der Waals surface area contributed by atoms with Crippen molar-refractivity contribution in [1.82, 2.24) is 5.32 Å². The van der Waals surface area contributed by atoms with Crippen molar-refractivity contribution in [2.24, 2.45) is 5.92 Å². The summed E-state index contributed by atoms with van der Waals surface area (Å²) in [6.07, 6.45) is -3.56. The maximum absolute atomic E-state index is 12.3. The summed E-state index contributed by atoms with van der Waals surface area (Å²) < 4.78 is 48.7.